The highest BCUT2D eigenvalue weighted by Gasteiger charge is 2.08. The van der Waals surface area contributed by atoms with E-state index in [9.17, 15) is 0 Å². The molecular formula is C14H15BrN2. The smallest absolute Gasteiger partial charge is 0.134 e. The molecule has 0 atom stereocenters. The molecule has 0 spiro atoms. The van der Waals surface area contributed by atoms with Crippen LogP contribution < -0.4 is 0 Å². The van der Waals surface area contributed by atoms with Gasteiger partial charge in [0.2, 0.25) is 0 Å². The zero-order valence-corrected chi connectivity index (χ0v) is 11.7. The van der Waals surface area contributed by atoms with Gasteiger partial charge < -0.3 is 0 Å². The standard InChI is InChI=1S/C14H15BrN2/c1-3-12-10(2)16-13(17-14(12)15)9-11-7-5-4-6-8-11/h4-8H,3,9H2,1-2H3. The third-order valence-electron chi connectivity index (χ3n) is 2.77. The fourth-order valence-corrected chi connectivity index (χ4v) is 2.65. The van der Waals surface area contributed by atoms with E-state index in [1.54, 1.807) is 0 Å². The molecule has 0 amide bonds. The average Bonchev–Trinajstić information content (AvgIpc) is 2.30. The zero-order valence-electron chi connectivity index (χ0n) is 10.1. The highest BCUT2D eigenvalue weighted by Crippen LogP contribution is 2.18. The Labute approximate surface area is 110 Å². The molecule has 0 aliphatic heterocycles. The topological polar surface area (TPSA) is 25.8 Å². The van der Waals surface area contributed by atoms with Crippen LogP contribution in [0.1, 0.15) is 29.6 Å². The number of aryl methyl sites for hydroxylation is 1. The first-order chi connectivity index (χ1) is 8.20. The Morgan fingerprint density at radius 1 is 1.12 bits per heavy atom. The molecule has 0 fully saturated rings. The van der Waals surface area contributed by atoms with Gasteiger partial charge in [0.25, 0.3) is 0 Å². The number of aromatic nitrogens is 2. The van der Waals surface area contributed by atoms with Crippen molar-refractivity contribution in [2.24, 2.45) is 0 Å². The number of hydrogen-bond donors (Lipinski definition) is 0. The third kappa shape index (κ3) is 2.91. The molecule has 2 rings (SSSR count). The first-order valence-electron chi connectivity index (χ1n) is 5.76. The first kappa shape index (κ1) is 12.2. The number of nitrogens with zero attached hydrogens (tertiary/aromatic N) is 2. The minimum absolute atomic E-state index is 0.782. The monoisotopic (exact) mass is 290 g/mol. The molecule has 0 radical (unpaired) electrons. The number of hydrogen-bond acceptors (Lipinski definition) is 2. The number of benzene rings is 1. The van der Waals surface area contributed by atoms with Crippen molar-refractivity contribution in [1.29, 1.82) is 0 Å². The van der Waals surface area contributed by atoms with E-state index < -0.39 is 0 Å². The van der Waals surface area contributed by atoms with Crippen LogP contribution in [0.15, 0.2) is 34.9 Å². The third-order valence-corrected chi connectivity index (χ3v) is 3.42. The maximum Gasteiger partial charge on any atom is 0.134 e. The second-order valence-corrected chi connectivity index (χ2v) is 4.76. The molecule has 1 aromatic heterocycles. The maximum absolute atomic E-state index is 4.56. The molecule has 0 aliphatic carbocycles. The minimum atomic E-state index is 0.782. The van der Waals surface area contributed by atoms with Gasteiger partial charge in [0.1, 0.15) is 10.4 Å². The Balaban J connectivity index is 2.29. The molecular weight excluding hydrogens is 276 g/mol. The van der Waals surface area contributed by atoms with Crippen LogP contribution >= 0.6 is 15.9 Å². The number of halogens is 1. The summed E-state index contributed by atoms with van der Waals surface area (Å²) < 4.78 is 0.929. The highest BCUT2D eigenvalue weighted by atomic mass is 79.9. The van der Waals surface area contributed by atoms with Crippen LogP contribution in [-0.2, 0) is 12.8 Å². The van der Waals surface area contributed by atoms with Gasteiger partial charge in [-0.1, -0.05) is 37.3 Å². The summed E-state index contributed by atoms with van der Waals surface area (Å²) in [5.74, 6) is 0.873. The molecule has 0 saturated carbocycles. The zero-order chi connectivity index (χ0) is 12.3. The van der Waals surface area contributed by atoms with Crippen molar-refractivity contribution in [2.45, 2.75) is 26.7 Å². The van der Waals surface area contributed by atoms with Crippen molar-refractivity contribution in [2.75, 3.05) is 0 Å². The Hall–Kier alpha value is -1.22. The van der Waals surface area contributed by atoms with Crippen LogP contribution in [0.3, 0.4) is 0 Å². The largest absolute Gasteiger partial charge is 0.238 e. The van der Waals surface area contributed by atoms with Crippen LogP contribution in [-0.4, -0.2) is 9.97 Å². The normalized spacial score (nSPS) is 10.5. The predicted octanol–water partition coefficient (Wildman–Crippen LogP) is 3.70. The molecule has 2 nitrogen and oxygen atoms in total. The van der Waals surface area contributed by atoms with Gasteiger partial charge >= 0.3 is 0 Å². The van der Waals surface area contributed by atoms with Gasteiger partial charge in [-0.3, -0.25) is 0 Å². The number of rotatable bonds is 3. The second-order valence-electron chi connectivity index (χ2n) is 4.01. The Morgan fingerprint density at radius 3 is 2.41 bits per heavy atom. The lowest BCUT2D eigenvalue weighted by molar-refractivity contribution is 0.888. The summed E-state index contributed by atoms with van der Waals surface area (Å²) in [5, 5.41) is 0. The van der Waals surface area contributed by atoms with Crippen molar-refractivity contribution in [3.05, 3.63) is 57.6 Å². The van der Waals surface area contributed by atoms with Gasteiger partial charge in [-0.15, -0.1) is 0 Å². The quantitative estimate of drug-likeness (QED) is 0.806. The Bertz CT molecular complexity index is 486. The van der Waals surface area contributed by atoms with Crippen LogP contribution in [0.25, 0.3) is 0 Å². The summed E-state index contributed by atoms with van der Waals surface area (Å²) in [6.07, 6.45) is 1.74. The summed E-state index contributed by atoms with van der Waals surface area (Å²) in [6, 6.07) is 10.3. The van der Waals surface area contributed by atoms with E-state index in [1.165, 1.54) is 11.1 Å². The highest BCUT2D eigenvalue weighted by molar-refractivity contribution is 9.10. The first-order valence-corrected chi connectivity index (χ1v) is 6.55. The van der Waals surface area contributed by atoms with Gasteiger partial charge in [0, 0.05) is 17.7 Å². The minimum Gasteiger partial charge on any atom is -0.238 e. The molecule has 1 aromatic carbocycles. The van der Waals surface area contributed by atoms with Gasteiger partial charge in [0.15, 0.2) is 0 Å². The van der Waals surface area contributed by atoms with Crippen molar-refractivity contribution in [3.8, 4) is 0 Å². The van der Waals surface area contributed by atoms with Crippen LogP contribution in [0.4, 0.5) is 0 Å². The molecule has 3 heteroatoms. The fourth-order valence-electron chi connectivity index (χ4n) is 1.88. The molecule has 88 valence electrons. The molecule has 0 unspecified atom stereocenters. The van der Waals surface area contributed by atoms with E-state index in [0.717, 1.165) is 29.0 Å². The van der Waals surface area contributed by atoms with Crippen LogP contribution in [0.2, 0.25) is 0 Å². The molecule has 17 heavy (non-hydrogen) atoms. The molecule has 0 N–H and O–H groups in total. The second kappa shape index (κ2) is 5.41. The summed E-state index contributed by atoms with van der Waals surface area (Å²) in [7, 11) is 0. The predicted molar refractivity (Wildman–Crippen MR) is 73.1 cm³/mol. The molecule has 0 saturated heterocycles. The summed E-state index contributed by atoms with van der Waals surface area (Å²) in [5.41, 5.74) is 3.50. The van der Waals surface area contributed by atoms with E-state index in [1.807, 2.05) is 25.1 Å². The molecule has 1 heterocycles. The van der Waals surface area contributed by atoms with E-state index in [-0.39, 0.29) is 0 Å². The van der Waals surface area contributed by atoms with E-state index in [0.29, 0.717) is 0 Å². The average molecular weight is 291 g/mol. The molecule has 2 aromatic rings. The fraction of sp³-hybridized carbons (Fsp3) is 0.286. The van der Waals surface area contributed by atoms with E-state index in [2.05, 4.69) is 45.0 Å². The van der Waals surface area contributed by atoms with Crippen molar-refractivity contribution in [1.82, 2.24) is 9.97 Å². The summed E-state index contributed by atoms with van der Waals surface area (Å²) in [6.45, 7) is 4.16. The lowest BCUT2D eigenvalue weighted by Crippen LogP contribution is -2.03. The van der Waals surface area contributed by atoms with E-state index in [4.69, 9.17) is 0 Å². The molecule has 0 aliphatic rings. The lowest BCUT2D eigenvalue weighted by Gasteiger charge is -2.08. The van der Waals surface area contributed by atoms with E-state index >= 15 is 0 Å². The molecule has 0 bridgehead atoms. The van der Waals surface area contributed by atoms with Crippen molar-refractivity contribution >= 4 is 15.9 Å². The van der Waals surface area contributed by atoms with Gasteiger partial charge in [0.05, 0.1) is 0 Å². The van der Waals surface area contributed by atoms with Crippen molar-refractivity contribution < 1.29 is 0 Å². The lowest BCUT2D eigenvalue weighted by atomic mass is 10.1. The Kier molecular flexibility index (Phi) is 3.89. The van der Waals surface area contributed by atoms with Gasteiger partial charge in [-0.2, -0.15) is 0 Å². The van der Waals surface area contributed by atoms with Crippen LogP contribution in [0, 0.1) is 6.92 Å². The Morgan fingerprint density at radius 2 is 1.82 bits per heavy atom. The van der Waals surface area contributed by atoms with Crippen LogP contribution in [0.5, 0.6) is 0 Å². The SMILES string of the molecule is CCc1c(C)nc(Cc2ccccc2)nc1Br. The van der Waals surface area contributed by atoms with Gasteiger partial charge in [-0.05, 0) is 34.8 Å². The van der Waals surface area contributed by atoms with Crippen molar-refractivity contribution in [3.63, 3.8) is 0 Å². The maximum atomic E-state index is 4.56. The van der Waals surface area contributed by atoms with Gasteiger partial charge in [-0.25, -0.2) is 9.97 Å². The summed E-state index contributed by atoms with van der Waals surface area (Å²) >= 11 is 3.52. The summed E-state index contributed by atoms with van der Waals surface area (Å²) in [4.78, 5) is 9.06.